The number of benzene rings is 2. The molecule has 0 saturated heterocycles. The van der Waals surface area contributed by atoms with E-state index >= 15 is 0 Å². The summed E-state index contributed by atoms with van der Waals surface area (Å²) in [6, 6.07) is 13.0. The predicted molar refractivity (Wildman–Crippen MR) is 90.5 cm³/mol. The molecule has 5 heteroatoms. The molecular formula is C17H21N3O2. The number of carbonyl (C=O) groups excluding carboxylic acids is 1. The minimum Gasteiger partial charge on any atom is -0.484 e. The van der Waals surface area contributed by atoms with Crippen LogP contribution < -0.4 is 20.7 Å². The number of anilines is 3. The van der Waals surface area contributed by atoms with Crippen LogP contribution in [-0.4, -0.2) is 26.6 Å². The lowest BCUT2D eigenvalue weighted by Crippen LogP contribution is -2.22. The molecule has 1 amide bonds. The molecule has 3 N–H and O–H groups in total. The Kier molecular flexibility index (Phi) is 4.88. The Bertz CT molecular complexity index is 651. The van der Waals surface area contributed by atoms with Crippen LogP contribution in [0.15, 0.2) is 42.5 Å². The second-order valence-corrected chi connectivity index (χ2v) is 5.32. The smallest absolute Gasteiger partial charge is 0.262 e. The van der Waals surface area contributed by atoms with Crippen LogP contribution in [0.1, 0.15) is 5.56 Å². The van der Waals surface area contributed by atoms with E-state index < -0.39 is 0 Å². The summed E-state index contributed by atoms with van der Waals surface area (Å²) in [6.45, 7) is 1.95. The molecule has 5 nitrogen and oxygen atoms in total. The van der Waals surface area contributed by atoms with Gasteiger partial charge in [-0.05, 0) is 37.3 Å². The van der Waals surface area contributed by atoms with Gasteiger partial charge < -0.3 is 20.7 Å². The van der Waals surface area contributed by atoms with Crippen molar-refractivity contribution in [2.45, 2.75) is 6.92 Å². The van der Waals surface area contributed by atoms with E-state index in [4.69, 9.17) is 10.5 Å². The Morgan fingerprint density at radius 1 is 1.18 bits per heavy atom. The third-order valence-electron chi connectivity index (χ3n) is 3.17. The Hall–Kier alpha value is -2.69. The number of hydrogen-bond acceptors (Lipinski definition) is 4. The van der Waals surface area contributed by atoms with Crippen LogP contribution in [0.5, 0.6) is 5.75 Å². The lowest BCUT2D eigenvalue weighted by molar-refractivity contribution is -0.118. The molecule has 0 saturated carbocycles. The van der Waals surface area contributed by atoms with Gasteiger partial charge in [-0.1, -0.05) is 17.7 Å². The van der Waals surface area contributed by atoms with Crippen molar-refractivity contribution in [2.24, 2.45) is 0 Å². The summed E-state index contributed by atoms with van der Waals surface area (Å²) in [5.74, 6) is 0.440. The summed E-state index contributed by atoms with van der Waals surface area (Å²) < 4.78 is 5.47. The molecule has 0 fully saturated rings. The summed E-state index contributed by atoms with van der Waals surface area (Å²) in [7, 11) is 3.81. The molecular weight excluding hydrogens is 278 g/mol. The van der Waals surface area contributed by atoms with Crippen LogP contribution in [0.4, 0.5) is 17.1 Å². The second kappa shape index (κ2) is 6.85. The van der Waals surface area contributed by atoms with Gasteiger partial charge in [-0.25, -0.2) is 0 Å². The standard InChI is InChI=1S/C17H21N3O2/c1-12-4-7-14(8-5-12)22-11-17(21)19-15-10-13(18)6-9-16(15)20(2)3/h4-10H,11,18H2,1-3H3,(H,19,21). The molecule has 0 aromatic heterocycles. The van der Waals surface area contributed by atoms with Gasteiger partial charge in [0.05, 0.1) is 11.4 Å². The number of amides is 1. The summed E-state index contributed by atoms with van der Waals surface area (Å²) >= 11 is 0. The fraction of sp³-hybridized carbons (Fsp3) is 0.235. The van der Waals surface area contributed by atoms with Gasteiger partial charge in [0, 0.05) is 19.8 Å². The number of rotatable bonds is 5. The highest BCUT2D eigenvalue weighted by Gasteiger charge is 2.09. The van der Waals surface area contributed by atoms with E-state index in [1.54, 1.807) is 12.1 Å². The van der Waals surface area contributed by atoms with Crippen LogP contribution in [-0.2, 0) is 4.79 Å². The Morgan fingerprint density at radius 2 is 1.86 bits per heavy atom. The van der Waals surface area contributed by atoms with E-state index in [-0.39, 0.29) is 12.5 Å². The van der Waals surface area contributed by atoms with Gasteiger partial charge in [0.25, 0.3) is 5.91 Å². The van der Waals surface area contributed by atoms with Crippen molar-refractivity contribution in [3.8, 4) is 5.75 Å². The van der Waals surface area contributed by atoms with Crippen molar-refractivity contribution in [3.05, 3.63) is 48.0 Å². The monoisotopic (exact) mass is 299 g/mol. The van der Waals surface area contributed by atoms with Gasteiger partial charge in [-0.3, -0.25) is 4.79 Å². The number of nitrogen functional groups attached to an aromatic ring is 1. The van der Waals surface area contributed by atoms with Crippen molar-refractivity contribution in [2.75, 3.05) is 36.7 Å². The fourth-order valence-electron chi connectivity index (χ4n) is 2.01. The average molecular weight is 299 g/mol. The zero-order valence-electron chi connectivity index (χ0n) is 13.1. The third kappa shape index (κ3) is 4.15. The molecule has 0 aliphatic heterocycles. The van der Waals surface area contributed by atoms with Gasteiger partial charge in [0.15, 0.2) is 6.61 Å². The number of ether oxygens (including phenoxy) is 1. The molecule has 22 heavy (non-hydrogen) atoms. The molecule has 0 aliphatic carbocycles. The third-order valence-corrected chi connectivity index (χ3v) is 3.17. The van der Waals surface area contributed by atoms with Crippen LogP contribution in [0.3, 0.4) is 0 Å². The van der Waals surface area contributed by atoms with Crippen LogP contribution in [0.25, 0.3) is 0 Å². The van der Waals surface area contributed by atoms with Gasteiger partial charge in [0.1, 0.15) is 5.75 Å². The molecule has 2 rings (SSSR count). The minimum absolute atomic E-state index is 0.0509. The largest absolute Gasteiger partial charge is 0.484 e. The lowest BCUT2D eigenvalue weighted by Gasteiger charge is -2.18. The molecule has 0 atom stereocenters. The molecule has 0 unspecified atom stereocenters. The van der Waals surface area contributed by atoms with E-state index in [0.717, 1.165) is 11.3 Å². The zero-order chi connectivity index (χ0) is 16.1. The van der Waals surface area contributed by atoms with Gasteiger partial charge in [0.2, 0.25) is 0 Å². The highest BCUT2D eigenvalue weighted by atomic mass is 16.5. The van der Waals surface area contributed by atoms with E-state index in [1.807, 2.05) is 56.3 Å². The van der Waals surface area contributed by atoms with Crippen LogP contribution in [0.2, 0.25) is 0 Å². The number of carbonyl (C=O) groups is 1. The van der Waals surface area contributed by atoms with Gasteiger partial charge in [-0.2, -0.15) is 0 Å². The maximum Gasteiger partial charge on any atom is 0.262 e. The van der Waals surface area contributed by atoms with E-state index in [9.17, 15) is 4.79 Å². The van der Waals surface area contributed by atoms with Gasteiger partial charge in [-0.15, -0.1) is 0 Å². The number of hydrogen-bond donors (Lipinski definition) is 2. The van der Waals surface area contributed by atoms with Crippen LogP contribution >= 0.6 is 0 Å². The number of aryl methyl sites for hydroxylation is 1. The Morgan fingerprint density at radius 3 is 2.50 bits per heavy atom. The zero-order valence-corrected chi connectivity index (χ0v) is 13.1. The summed E-state index contributed by atoms with van der Waals surface area (Å²) in [6.07, 6.45) is 0. The number of nitrogens with one attached hydrogen (secondary N) is 1. The van der Waals surface area contributed by atoms with Crippen molar-refractivity contribution >= 4 is 23.0 Å². The second-order valence-electron chi connectivity index (χ2n) is 5.32. The SMILES string of the molecule is Cc1ccc(OCC(=O)Nc2cc(N)ccc2N(C)C)cc1. The summed E-state index contributed by atoms with van der Waals surface area (Å²) in [5, 5.41) is 2.83. The normalized spacial score (nSPS) is 10.1. The maximum absolute atomic E-state index is 12.0. The Labute approximate surface area is 130 Å². The number of nitrogens with zero attached hydrogens (tertiary/aromatic N) is 1. The van der Waals surface area contributed by atoms with Gasteiger partial charge >= 0.3 is 0 Å². The first kappa shape index (κ1) is 15.7. The maximum atomic E-state index is 12.0. The van der Waals surface area contributed by atoms with Crippen molar-refractivity contribution < 1.29 is 9.53 Å². The minimum atomic E-state index is -0.228. The average Bonchev–Trinajstić information content (AvgIpc) is 2.46. The van der Waals surface area contributed by atoms with Crippen molar-refractivity contribution in [3.63, 3.8) is 0 Å². The molecule has 2 aromatic rings. The Balaban J connectivity index is 2.00. The molecule has 0 radical (unpaired) electrons. The van der Waals surface area contributed by atoms with E-state index in [1.165, 1.54) is 0 Å². The number of nitrogens with two attached hydrogens (primary N) is 1. The molecule has 2 aromatic carbocycles. The summed E-state index contributed by atoms with van der Waals surface area (Å²) in [4.78, 5) is 14.0. The molecule has 116 valence electrons. The topological polar surface area (TPSA) is 67.6 Å². The quantitative estimate of drug-likeness (QED) is 0.833. The molecule has 0 aliphatic rings. The highest BCUT2D eigenvalue weighted by Crippen LogP contribution is 2.26. The van der Waals surface area contributed by atoms with Crippen molar-refractivity contribution in [1.82, 2.24) is 0 Å². The van der Waals surface area contributed by atoms with Crippen LogP contribution in [0, 0.1) is 6.92 Å². The van der Waals surface area contributed by atoms with Crippen molar-refractivity contribution in [1.29, 1.82) is 0 Å². The summed E-state index contributed by atoms with van der Waals surface area (Å²) in [5.41, 5.74) is 9.08. The van der Waals surface area contributed by atoms with E-state index in [2.05, 4.69) is 5.32 Å². The fourth-order valence-corrected chi connectivity index (χ4v) is 2.01. The molecule has 0 heterocycles. The molecule has 0 spiro atoms. The first-order chi connectivity index (χ1) is 10.5. The molecule has 0 bridgehead atoms. The first-order valence-electron chi connectivity index (χ1n) is 7.02. The predicted octanol–water partition coefficient (Wildman–Crippen LogP) is 2.66. The first-order valence-corrected chi connectivity index (χ1v) is 7.02. The lowest BCUT2D eigenvalue weighted by atomic mass is 10.2. The van der Waals surface area contributed by atoms with E-state index in [0.29, 0.717) is 17.1 Å². The highest BCUT2D eigenvalue weighted by molar-refractivity contribution is 5.96.